The molecule has 2 aromatic rings. The Kier molecular flexibility index (Phi) is 4.87. The van der Waals surface area contributed by atoms with Crippen molar-refractivity contribution >= 4 is 10.9 Å². The van der Waals surface area contributed by atoms with Crippen LogP contribution in [-0.4, -0.2) is 22.6 Å². The van der Waals surface area contributed by atoms with E-state index in [1.165, 1.54) is 16.5 Å². The van der Waals surface area contributed by atoms with Crippen LogP contribution in [-0.2, 0) is 13.1 Å². The van der Waals surface area contributed by atoms with Crippen molar-refractivity contribution in [2.45, 2.75) is 40.8 Å². The topological polar surface area (TPSA) is 8.17 Å². The lowest BCUT2D eigenvalue weighted by Gasteiger charge is -2.18. The summed E-state index contributed by atoms with van der Waals surface area (Å²) in [5.41, 5.74) is 3.78. The van der Waals surface area contributed by atoms with Gasteiger partial charge in [-0.2, -0.15) is 0 Å². The second-order valence-electron chi connectivity index (χ2n) is 5.00. The number of aryl methyl sites for hydroxylation is 1. The van der Waals surface area contributed by atoms with Crippen LogP contribution in [0.5, 0.6) is 0 Å². The predicted molar refractivity (Wildman–Crippen MR) is 86.8 cm³/mol. The van der Waals surface area contributed by atoms with Crippen molar-refractivity contribution in [1.82, 2.24) is 9.47 Å². The van der Waals surface area contributed by atoms with E-state index in [1.807, 2.05) is 6.92 Å². The van der Waals surface area contributed by atoms with Gasteiger partial charge in [0, 0.05) is 24.0 Å². The molecule has 106 valence electrons. The van der Waals surface area contributed by atoms with Crippen molar-refractivity contribution in [2.24, 2.45) is 0 Å². The highest BCUT2D eigenvalue weighted by atomic mass is 15.1. The molecule has 20 heavy (non-hydrogen) atoms. The number of aromatic nitrogens is 1. The zero-order valence-corrected chi connectivity index (χ0v) is 13.0. The van der Waals surface area contributed by atoms with Gasteiger partial charge in [0.1, 0.15) is 0 Å². The van der Waals surface area contributed by atoms with E-state index in [-0.39, 0.29) is 0 Å². The van der Waals surface area contributed by atoms with Crippen molar-refractivity contribution in [1.29, 1.82) is 0 Å². The summed E-state index contributed by atoms with van der Waals surface area (Å²) >= 11 is 0. The van der Waals surface area contributed by atoms with E-state index >= 15 is 0 Å². The fraction of sp³-hybridized carbons (Fsp3) is 0.444. The number of fused-ring (bicyclic) bond motifs is 1. The second kappa shape index (κ2) is 6.63. The summed E-state index contributed by atoms with van der Waals surface area (Å²) in [5.74, 6) is 6.21. The van der Waals surface area contributed by atoms with Gasteiger partial charge in [-0.3, -0.25) is 4.90 Å². The van der Waals surface area contributed by atoms with E-state index < -0.39 is 0 Å². The van der Waals surface area contributed by atoms with Crippen LogP contribution < -0.4 is 0 Å². The standard InChI is InChI=1S/C18H24N2/c1-5-9-17-13-16-12-15(14-19(6-2)7-3)10-11-18(16)20(17)8-4/h10-13H,6-8,14H2,1-4H3. The minimum atomic E-state index is 0.961. The largest absolute Gasteiger partial charge is 0.334 e. The zero-order valence-electron chi connectivity index (χ0n) is 13.0. The van der Waals surface area contributed by atoms with E-state index in [4.69, 9.17) is 0 Å². The summed E-state index contributed by atoms with van der Waals surface area (Å²) < 4.78 is 2.28. The maximum absolute atomic E-state index is 3.20. The third-order valence-corrected chi connectivity index (χ3v) is 3.84. The highest BCUT2D eigenvalue weighted by Crippen LogP contribution is 2.22. The fourth-order valence-electron chi connectivity index (χ4n) is 2.70. The Morgan fingerprint density at radius 1 is 1.10 bits per heavy atom. The molecule has 0 saturated heterocycles. The molecule has 0 N–H and O–H groups in total. The van der Waals surface area contributed by atoms with Gasteiger partial charge in [-0.05, 0) is 56.6 Å². The van der Waals surface area contributed by atoms with Crippen LogP contribution in [0.25, 0.3) is 10.9 Å². The number of rotatable bonds is 5. The van der Waals surface area contributed by atoms with Gasteiger partial charge in [0.05, 0.1) is 5.69 Å². The number of hydrogen-bond donors (Lipinski definition) is 0. The Balaban J connectivity index is 2.41. The van der Waals surface area contributed by atoms with Crippen LogP contribution >= 0.6 is 0 Å². The second-order valence-corrected chi connectivity index (χ2v) is 5.00. The Labute approximate surface area is 122 Å². The molecule has 1 aromatic carbocycles. The molecule has 0 aliphatic rings. The SMILES string of the molecule is CC#Cc1cc2cc(CN(CC)CC)ccc2n1CC. The summed E-state index contributed by atoms with van der Waals surface area (Å²) in [5, 5.41) is 1.30. The number of benzene rings is 1. The van der Waals surface area contributed by atoms with Gasteiger partial charge in [-0.25, -0.2) is 0 Å². The summed E-state index contributed by atoms with van der Waals surface area (Å²) in [6.45, 7) is 12.7. The molecule has 2 nitrogen and oxygen atoms in total. The van der Waals surface area contributed by atoms with Crippen LogP contribution in [0.15, 0.2) is 24.3 Å². The smallest absolute Gasteiger partial charge is 0.0930 e. The lowest BCUT2D eigenvalue weighted by molar-refractivity contribution is 0.296. The Morgan fingerprint density at radius 3 is 2.45 bits per heavy atom. The predicted octanol–water partition coefficient (Wildman–Crippen LogP) is 3.87. The van der Waals surface area contributed by atoms with Crippen molar-refractivity contribution in [3.05, 3.63) is 35.5 Å². The van der Waals surface area contributed by atoms with E-state index in [2.05, 4.69) is 66.3 Å². The molecular weight excluding hydrogens is 244 g/mol. The lowest BCUT2D eigenvalue weighted by atomic mass is 10.1. The first-order valence-corrected chi connectivity index (χ1v) is 7.50. The van der Waals surface area contributed by atoms with Crippen LogP contribution in [0.3, 0.4) is 0 Å². The fourth-order valence-corrected chi connectivity index (χ4v) is 2.70. The molecule has 1 heterocycles. The Hall–Kier alpha value is -1.72. The molecule has 0 fully saturated rings. The van der Waals surface area contributed by atoms with Crippen molar-refractivity contribution in [2.75, 3.05) is 13.1 Å². The third-order valence-electron chi connectivity index (χ3n) is 3.84. The van der Waals surface area contributed by atoms with E-state index in [1.54, 1.807) is 0 Å². The molecule has 0 atom stereocenters. The van der Waals surface area contributed by atoms with Gasteiger partial charge in [0.2, 0.25) is 0 Å². The molecule has 2 rings (SSSR count). The molecule has 0 aliphatic carbocycles. The molecule has 0 spiro atoms. The zero-order chi connectivity index (χ0) is 14.5. The monoisotopic (exact) mass is 268 g/mol. The van der Waals surface area contributed by atoms with Gasteiger partial charge in [-0.1, -0.05) is 25.8 Å². The average Bonchev–Trinajstić information content (AvgIpc) is 2.81. The first-order valence-electron chi connectivity index (χ1n) is 7.50. The molecule has 0 bridgehead atoms. The molecule has 2 heteroatoms. The number of hydrogen-bond acceptors (Lipinski definition) is 1. The van der Waals surface area contributed by atoms with Crippen molar-refractivity contribution < 1.29 is 0 Å². The van der Waals surface area contributed by atoms with Crippen LogP contribution in [0.1, 0.15) is 39.0 Å². The Bertz CT molecular complexity index is 636. The van der Waals surface area contributed by atoms with Crippen LogP contribution in [0.2, 0.25) is 0 Å². The molecule has 0 unspecified atom stereocenters. The highest BCUT2D eigenvalue weighted by Gasteiger charge is 2.08. The highest BCUT2D eigenvalue weighted by molar-refractivity contribution is 5.83. The van der Waals surface area contributed by atoms with Gasteiger partial charge in [0.15, 0.2) is 0 Å². The molecule has 0 amide bonds. The van der Waals surface area contributed by atoms with E-state index in [0.717, 1.165) is 31.9 Å². The first-order chi connectivity index (χ1) is 9.73. The molecule has 0 saturated carbocycles. The van der Waals surface area contributed by atoms with Gasteiger partial charge in [0.25, 0.3) is 0 Å². The van der Waals surface area contributed by atoms with E-state index in [0.29, 0.717) is 0 Å². The average molecular weight is 268 g/mol. The molecule has 0 aliphatic heterocycles. The normalized spacial score (nSPS) is 10.8. The Morgan fingerprint density at radius 2 is 1.85 bits per heavy atom. The molecular formula is C18H24N2. The maximum atomic E-state index is 3.20. The van der Waals surface area contributed by atoms with Crippen molar-refractivity contribution in [3.8, 4) is 11.8 Å². The quantitative estimate of drug-likeness (QED) is 0.747. The number of nitrogens with zero attached hydrogens (tertiary/aromatic N) is 2. The first kappa shape index (κ1) is 14.7. The van der Waals surface area contributed by atoms with E-state index in [9.17, 15) is 0 Å². The summed E-state index contributed by atoms with van der Waals surface area (Å²) in [4.78, 5) is 2.44. The van der Waals surface area contributed by atoms with Gasteiger partial charge >= 0.3 is 0 Å². The van der Waals surface area contributed by atoms with Gasteiger partial charge < -0.3 is 4.57 Å². The third kappa shape index (κ3) is 2.89. The minimum absolute atomic E-state index is 0.961. The minimum Gasteiger partial charge on any atom is -0.334 e. The van der Waals surface area contributed by atoms with Crippen LogP contribution in [0, 0.1) is 11.8 Å². The van der Waals surface area contributed by atoms with Crippen molar-refractivity contribution in [3.63, 3.8) is 0 Å². The van der Waals surface area contributed by atoms with Crippen LogP contribution in [0.4, 0.5) is 0 Å². The maximum Gasteiger partial charge on any atom is 0.0930 e. The van der Waals surface area contributed by atoms with Gasteiger partial charge in [-0.15, -0.1) is 0 Å². The summed E-state index contributed by atoms with van der Waals surface area (Å²) in [6.07, 6.45) is 0. The lowest BCUT2D eigenvalue weighted by Crippen LogP contribution is -2.21. The summed E-state index contributed by atoms with van der Waals surface area (Å²) in [6, 6.07) is 9.00. The molecule has 1 aromatic heterocycles. The summed E-state index contributed by atoms with van der Waals surface area (Å²) in [7, 11) is 0. The molecule has 0 radical (unpaired) electrons.